The van der Waals surface area contributed by atoms with Gasteiger partial charge in [-0.1, -0.05) is 0 Å². The molecule has 6 nitrogen and oxygen atoms in total. The number of amides is 1. The summed E-state index contributed by atoms with van der Waals surface area (Å²) < 4.78 is 45.3. The van der Waals surface area contributed by atoms with Crippen LogP contribution < -0.4 is 5.32 Å². The summed E-state index contributed by atoms with van der Waals surface area (Å²) in [6, 6.07) is 2.23. The van der Waals surface area contributed by atoms with Crippen molar-refractivity contribution in [2.24, 2.45) is 0 Å². The molecule has 2 aromatic rings. The highest BCUT2D eigenvalue weighted by Crippen LogP contribution is 2.29. The third-order valence-corrected chi connectivity index (χ3v) is 4.38. The molecule has 3 rings (SSSR count). The quantitative estimate of drug-likeness (QED) is 0.819. The van der Waals surface area contributed by atoms with Crippen LogP contribution in [0.2, 0.25) is 0 Å². The molecule has 1 aliphatic rings. The maximum atomic E-state index is 12.9. The van der Waals surface area contributed by atoms with Gasteiger partial charge in [-0.05, 0) is 32.0 Å². The summed E-state index contributed by atoms with van der Waals surface area (Å²) >= 11 is 0. The Morgan fingerprint density at radius 3 is 2.73 bits per heavy atom. The van der Waals surface area contributed by atoms with Crippen LogP contribution in [0, 0.1) is 6.92 Å². The summed E-state index contributed by atoms with van der Waals surface area (Å²) in [4.78, 5) is 18.9. The van der Waals surface area contributed by atoms with Gasteiger partial charge < -0.3 is 10.1 Å². The molecule has 0 aromatic carbocycles. The SMILES string of the molecule is Cc1nc2ccc(C(F)(F)F)cn2c1C(=O)NCCCN1CCOCC1. The average molecular weight is 370 g/mol. The Balaban J connectivity index is 1.66. The maximum Gasteiger partial charge on any atom is 0.417 e. The summed E-state index contributed by atoms with van der Waals surface area (Å²) in [7, 11) is 0. The number of aromatic nitrogens is 2. The highest BCUT2D eigenvalue weighted by Gasteiger charge is 2.31. The Labute approximate surface area is 148 Å². The fourth-order valence-electron chi connectivity index (χ4n) is 3.02. The molecule has 142 valence electrons. The number of fused-ring (bicyclic) bond motifs is 1. The van der Waals surface area contributed by atoms with Crippen molar-refractivity contribution in [2.75, 3.05) is 39.4 Å². The van der Waals surface area contributed by atoms with E-state index in [1.54, 1.807) is 6.92 Å². The van der Waals surface area contributed by atoms with Crippen LogP contribution in [0.5, 0.6) is 0 Å². The van der Waals surface area contributed by atoms with Gasteiger partial charge in [-0.3, -0.25) is 14.1 Å². The summed E-state index contributed by atoms with van der Waals surface area (Å²) in [6.45, 7) is 6.09. The summed E-state index contributed by atoms with van der Waals surface area (Å²) in [5.41, 5.74) is 0.0326. The number of hydrogen-bond donors (Lipinski definition) is 1. The fourth-order valence-corrected chi connectivity index (χ4v) is 3.02. The molecule has 0 saturated carbocycles. The van der Waals surface area contributed by atoms with Crippen LogP contribution in [0.3, 0.4) is 0 Å². The minimum atomic E-state index is -4.47. The molecular weight excluding hydrogens is 349 g/mol. The average Bonchev–Trinajstić information content (AvgIpc) is 2.93. The van der Waals surface area contributed by atoms with Crippen molar-refractivity contribution >= 4 is 11.6 Å². The molecule has 1 amide bonds. The van der Waals surface area contributed by atoms with E-state index >= 15 is 0 Å². The Hall–Kier alpha value is -2.13. The first-order valence-corrected chi connectivity index (χ1v) is 8.50. The Bertz CT molecular complexity index is 782. The molecule has 3 heterocycles. The smallest absolute Gasteiger partial charge is 0.379 e. The zero-order chi connectivity index (χ0) is 18.7. The van der Waals surface area contributed by atoms with Crippen molar-refractivity contribution in [2.45, 2.75) is 19.5 Å². The zero-order valence-electron chi connectivity index (χ0n) is 14.5. The van der Waals surface area contributed by atoms with Crippen LogP contribution in [0.1, 0.15) is 28.2 Å². The molecule has 1 fully saturated rings. The van der Waals surface area contributed by atoms with E-state index in [1.165, 1.54) is 10.5 Å². The zero-order valence-corrected chi connectivity index (χ0v) is 14.5. The van der Waals surface area contributed by atoms with E-state index in [4.69, 9.17) is 4.74 Å². The number of aryl methyl sites for hydroxylation is 1. The largest absolute Gasteiger partial charge is 0.417 e. The first-order valence-electron chi connectivity index (χ1n) is 8.50. The van der Waals surface area contributed by atoms with Crippen LogP contribution in [0.4, 0.5) is 13.2 Å². The number of rotatable bonds is 5. The predicted octanol–water partition coefficient (Wildman–Crippen LogP) is 2.11. The molecule has 0 atom stereocenters. The van der Waals surface area contributed by atoms with E-state index in [9.17, 15) is 18.0 Å². The number of carbonyl (C=O) groups excluding carboxylic acids is 1. The molecule has 1 saturated heterocycles. The Kier molecular flexibility index (Phi) is 5.47. The number of hydrogen-bond acceptors (Lipinski definition) is 4. The van der Waals surface area contributed by atoms with E-state index in [2.05, 4.69) is 15.2 Å². The van der Waals surface area contributed by atoms with Gasteiger partial charge in [0.2, 0.25) is 0 Å². The van der Waals surface area contributed by atoms with Crippen LogP contribution in [-0.4, -0.2) is 59.6 Å². The maximum absolute atomic E-state index is 12.9. The van der Waals surface area contributed by atoms with E-state index in [-0.39, 0.29) is 5.69 Å². The summed E-state index contributed by atoms with van der Waals surface area (Å²) in [5, 5.41) is 2.78. The molecule has 9 heteroatoms. The molecule has 2 aromatic heterocycles. The van der Waals surface area contributed by atoms with Crippen molar-refractivity contribution in [1.82, 2.24) is 19.6 Å². The summed E-state index contributed by atoms with van der Waals surface area (Å²) in [5.74, 6) is -0.420. The van der Waals surface area contributed by atoms with E-state index in [1.807, 2.05) is 0 Å². The molecule has 0 unspecified atom stereocenters. The number of carbonyl (C=O) groups is 1. The number of nitrogens with zero attached hydrogens (tertiary/aromatic N) is 3. The summed E-state index contributed by atoms with van der Waals surface area (Å²) in [6.07, 6.45) is -2.80. The van der Waals surface area contributed by atoms with Gasteiger partial charge in [0.25, 0.3) is 5.91 Å². The van der Waals surface area contributed by atoms with Gasteiger partial charge in [0.1, 0.15) is 11.3 Å². The second kappa shape index (κ2) is 7.63. The first kappa shape index (κ1) is 18.7. The molecule has 1 N–H and O–H groups in total. The fraction of sp³-hybridized carbons (Fsp3) is 0.529. The number of alkyl halides is 3. The number of imidazole rings is 1. The van der Waals surface area contributed by atoms with Gasteiger partial charge in [-0.25, -0.2) is 4.98 Å². The standard InChI is InChI=1S/C17H21F3N4O2/c1-12-15(16(25)21-5-2-6-23-7-9-26-10-8-23)24-11-13(17(18,19)20)3-4-14(24)22-12/h3-4,11H,2,5-10H2,1H3,(H,21,25). The van der Waals surface area contributed by atoms with Crippen LogP contribution in [0.25, 0.3) is 5.65 Å². The van der Waals surface area contributed by atoms with E-state index in [0.717, 1.165) is 51.5 Å². The van der Waals surface area contributed by atoms with Crippen molar-refractivity contribution in [3.8, 4) is 0 Å². The van der Waals surface area contributed by atoms with E-state index in [0.29, 0.717) is 17.9 Å². The van der Waals surface area contributed by atoms with Gasteiger partial charge in [0.05, 0.1) is 24.5 Å². The van der Waals surface area contributed by atoms with Crippen LogP contribution in [-0.2, 0) is 10.9 Å². The molecule has 26 heavy (non-hydrogen) atoms. The molecule has 0 spiro atoms. The lowest BCUT2D eigenvalue weighted by Gasteiger charge is -2.26. The van der Waals surface area contributed by atoms with Gasteiger partial charge in [0, 0.05) is 25.8 Å². The second-order valence-electron chi connectivity index (χ2n) is 6.25. The third kappa shape index (κ3) is 4.16. The van der Waals surface area contributed by atoms with Gasteiger partial charge >= 0.3 is 6.18 Å². The van der Waals surface area contributed by atoms with Gasteiger partial charge in [-0.15, -0.1) is 0 Å². The lowest BCUT2D eigenvalue weighted by molar-refractivity contribution is -0.137. The van der Waals surface area contributed by atoms with Gasteiger partial charge in [-0.2, -0.15) is 13.2 Å². The number of morpholine rings is 1. The number of nitrogens with one attached hydrogen (secondary N) is 1. The van der Waals surface area contributed by atoms with Gasteiger partial charge in [0.15, 0.2) is 0 Å². The number of ether oxygens (including phenoxy) is 1. The Morgan fingerprint density at radius 2 is 2.04 bits per heavy atom. The van der Waals surface area contributed by atoms with Crippen LogP contribution in [0.15, 0.2) is 18.3 Å². The van der Waals surface area contributed by atoms with Crippen molar-refractivity contribution < 1.29 is 22.7 Å². The first-order chi connectivity index (χ1) is 12.4. The normalized spacial score (nSPS) is 16.2. The van der Waals surface area contributed by atoms with E-state index < -0.39 is 17.6 Å². The molecule has 0 aliphatic carbocycles. The molecule has 0 radical (unpaired) electrons. The second-order valence-corrected chi connectivity index (χ2v) is 6.25. The minimum Gasteiger partial charge on any atom is -0.379 e. The lowest BCUT2D eigenvalue weighted by Crippen LogP contribution is -2.38. The minimum absolute atomic E-state index is 0.137. The monoisotopic (exact) mass is 370 g/mol. The molecule has 1 aliphatic heterocycles. The number of pyridine rings is 1. The van der Waals surface area contributed by atoms with Crippen LogP contribution >= 0.6 is 0 Å². The molecular formula is C17H21F3N4O2. The third-order valence-electron chi connectivity index (χ3n) is 4.38. The topological polar surface area (TPSA) is 58.9 Å². The predicted molar refractivity (Wildman–Crippen MR) is 89.1 cm³/mol. The number of halogens is 3. The van der Waals surface area contributed by atoms with Crippen molar-refractivity contribution in [3.05, 3.63) is 35.3 Å². The highest BCUT2D eigenvalue weighted by atomic mass is 19.4. The lowest BCUT2D eigenvalue weighted by atomic mass is 10.2. The highest BCUT2D eigenvalue weighted by molar-refractivity contribution is 5.94. The van der Waals surface area contributed by atoms with Crippen molar-refractivity contribution in [3.63, 3.8) is 0 Å². The van der Waals surface area contributed by atoms with Crippen molar-refractivity contribution in [1.29, 1.82) is 0 Å². The Morgan fingerprint density at radius 1 is 1.31 bits per heavy atom. The molecule has 0 bridgehead atoms.